The second-order valence-electron chi connectivity index (χ2n) is 7.98. The first-order valence-electron chi connectivity index (χ1n) is 11.0. The fourth-order valence-corrected chi connectivity index (χ4v) is 3.67. The number of nitrogens with one attached hydrogen (secondary N) is 2. The van der Waals surface area contributed by atoms with Crippen molar-refractivity contribution in [1.82, 2.24) is 18.9 Å². The Morgan fingerprint density at radius 1 is 0.842 bits per heavy atom. The summed E-state index contributed by atoms with van der Waals surface area (Å²) in [6.07, 6.45) is 1.37. The molecule has 0 aliphatic carbocycles. The van der Waals surface area contributed by atoms with E-state index in [9.17, 15) is 24.0 Å². The first-order chi connectivity index (χ1) is 18.1. The van der Waals surface area contributed by atoms with E-state index in [-0.39, 0.29) is 28.2 Å². The monoisotopic (exact) mass is 536 g/mol. The molecular formula is C25H21ClN6O6. The number of hydrogen-bond donors (Lipinski definition) is 2. The summed E-state index contributed by atoms with van der Waals surface area (Å²) < 4.78 is 7.60. The summed E-state index contributed by atoms with van der Waals surface area (Å²) in [5, 5.41) is 5.63. The van der Waals surface area contributed by atoms with Crippen molar-refractivity contribution in [3.8, 4) is 5.75 Å². The second kappa shape index (κ2) is 10.6. The highest BCUT2D eigenvalue weighted by atomic mass is 35.5. The zero-order valence-corrected chi connectivity index (χ0v) is 21.1. The van der Waals surface area contributed by atoms with Crippen LogP contribution in [0.4, 0.5) is 11.5 Å². The minimum absolute atomic E-state index is 0.0476. The van der Waals surface area contributed by atoms with E-state index in [0.717, 1.165) is 9.36 Å². The van der Waals surface area contributed by atoms with Gasteiger partial charge in [0.1, 0.15) is 11.6 Å². The van der Waals surface area contributed by atoms with E-state index in [1.807, 2.05) is 0 Å². The molecule has 0 aliphatic rings. The van der Waals surface area contributed by atoms with Crippen LogP contribution < -0.4 is 26.7 Å². The summed E-state index contributed by atoms with van der Waals surface area (Å²) >= 11 is 5.84. The van der Waals surface area contributed by atoms with Crippen molar-refractivity contribution >= 4 is 40.8 Å². The Labute approximate surface area is 220 Å². The largest absolute Gasteiger partial charge is 0.497 e. The zero-order chi connectivity index (χ0) is 27.6. The average Bonchev–Trinajstić information content (AvgIpc) is 3.11. The van der Waals surface area contributed by atoms with Crippen LogP contribution >= 0.6 is 11.6 Å². The molecule has 0 atom stereocenters. The van der Waals surface area contributed by atoms with Crippen LogP contribution in [0.1, 0.15) is 31.1 Å². The van der Waals surface area contributed by atoms with Gasteiger partial charge in [-0.1, -0.05) is 23.7 Å². The molecule has 2 aromatic carbocycles. The topological polar surface area (TPSA) is 146 Å². The summed E-state index contributed by atoms with van der Waals surface area (Å²) in [6.45, 7) is 0. The predicted molar refractivity (Wildman–Crippen MR) is 139 cm³/mol. The van der Waals surface area contributed by atoms with Gasteiger partial charge < -0.3 is 15.4 Å². The van der Waals surface area contributed by atoms with Gasteiger partial charge >= 0.3 is 11.4 Å². The van der Waals surface area contributed by atoms with Crippen molar-refractivity contribution in [2.24, 2.45) is 14.1 Å². The van der Waals surface area contributed by atoms with E-state index in [1.54, 1.807) is 6.07 Å². The van der Waals surface area contributed by atoms with Gasteiger partial charge in [-0.15, -0.1) is 0 Å². The predicted octanol–water partition coefficient (Wildman–Crippen LogP) is 2.14. The second-order valence-corrected chi connectivity index (χ2v) is 8.42. The lowest BCUT2D eigenvalue weighted by Crippen LogP contribution is -2.36. The lowest BCUT2D eigenvalue weighted by atomic mass is 10.1. The summed E-state index contributed by atoms with van der Waals surface area (Å²) in [5.41, 5.74) is -1.86. The Bertz CT molecular complexity index is 1650. The molecule has 12 nitrogen and oxygen atoms in total. The van der Waals surface area contributed by atoms with Gasteiger partial charge in [0.15, 0.2) is 0 Å². The lowest BCUT2D eigenvalue weighted by Gasteiger charge is -2.14. The Hall–Kier alpha value is -4.97. The Morgan fingerprint density at radius 2 is 1.47 bits per heavy atom. The summed E-state index contributed by atoms with van der Waals surface area (Å²) in [6, 6.07) is 13.2. The van der Waals surface area contributed by atoms with Crippen LogP contribution in [-0.4, -0.2) is 43.7 Å². The van der Waals surface area contributed by atoms with Gasteiger partial charge in [-0.3, -0.25) is 14.4 Å². The minimum atomic E-state index is -0.969. The molecule has 2 aromatic heterocycles. The summed E-state index contributed by atoms with van der Waals surface area (Å²) in [5.74, 6) is -1.74. The molecule has 38 heavy (non-hydrogen) atoms. The normalized spacial score (nSPS) is 10.6. The van der Waals surface area contributed by atoms with Gasteiger partial charge in [0.2, 0.25) is 0 Å². The van der Waals surface area contributed by atoms with Crippen molar-refractivity contribution in [3.05, 3.63) is 103 Å². The van der Waals surface area contributed by atoms with Gasteiger partial charge in [0.25, 0.3) is 17.7 Å². The van der Waals surface area contributed by atoms with Gasteiger partial charge in [-0.2, -0.15) is 4.57 Å². The highest BCUT2D eigenvalue weighted by Gasteiger charge is 2.24. The number of benzene rings is 2. The van der Waals surface area contributed by atoms with E-state index in [4.69, 9.17) is 16.3 Å². The highest BCUT2D eigenvalue weighted by molar-refractivity contribution is 6.30. The smallest absolute Gasteiger partial charge is 0.354 e. The summed E-state index contributed by atoms with van der Waals surface area (Å²) in [7, 11) is 4.09. The lowest BCUT2D eigenvalue weighted by molar-refractivity contribution is 0.0938. The fourth-order valence-electron chi connectivity index (χ4n) is 3.56. The van der Waals surface area contributed by atoms with E-state index in [2.05, 4.69) is 15.6 Å². The Kier molecular flexibility index (Phi) is 7.26. The van der Waals surface area contributed by atoms with Crippen molar-refractivity contribution in [3.63, 3.8) is 0 Å². The average molecular weight is 537 g/mol. The molecule has 194 valence electrons. The van der Waals surface area contributed by atoms with Crippen molar-refractivity contribution < 1.29 is 19.1 Å². The molecule has 4 rings (SSSR count). The fraction of sp³-hybridized carbons (Fsp3) is 0.120. The van der Waals surface area contributed by atoms with Crippen LogP contribution in [0.5, 0.6) is 5.75 Å². The van der Waals surface area contributed by atoms with E-state index in [0.29, 0.717) is 15.3 Å². The van der Waals surface area contributed by atoms with E-state index < -0.39 is 29.1 Å². The van der Waals surface area contributed by atoms with Crippen molar-refractivity contribution in [1.29, 1.82) is 0 Å². The molecule has 0 bridgehead atoms. The SMILES string of the molecule is COc1ccc(NC(=O)c2ccccc2C(=O)n2c(=O)n(C)n(C)c2=O)c(C(=O)Nc2ccc(Cl)cn2)c1. The van der Waals surface area contributed by atoms with Gasteiger partial charge in [-0.05, 0) is 42.5 Å². The number of carbonyl (C=O) groups excluding carboxylic acids is 3. The number of halogens is 1. The van der Waals surface area contributed by atoms with Crippen molar-refractivity contribution in [2.75, 3.05) is 17.7 Å². The van der Waals surface area contributed by atoms with Gasteiger partial charge in [-0.25, -0.2) is 23.9 Å². The molecule has 2 N–H and O–H groups in total. The number of anilines is 2. The summed E-state index contributed by atoms with van der Waals surface area (Å²) in [4.78, 5) is 68.5. The Morgan fingerprint density at radius 3 is 2.08 bits per heavy atom. The quantitative estimate of drug-likeness (QED) is 0.384. The number of rotatable bonds is 6. The van der Waals surface area contributed by atoms with Gasteiger partial charge in [0.05, 0.1) is 34.5 Å². The van der Waals surface area contributed by atoms with Crippen LogP contribution in [0.2, 0.25) is 5.02 Å². The Balaban J connectivity index is 1.68. The van der Waals surface area contributed by atoms with E-state index in [1.165, 1.54) is 75.9 Å². The van der Waals surface area contributed by atoms with Crippen LogP contribution in [-0.2, 0) is 14.1 Å². The number of nitrogens with zero attached hydrogens (tertiary/aromatic N) is 4. The number of carbonyl (C=O) groups is 3. The van der Waals surface area contributed by atoms with Crippen LogP contribution in [0.15, 0.2) is 70.4 Å². The molecule has 4 aromatic rings. The third-order valence-electron chi connectivity index (χ3n) is 5.68. The molecule has 0 saturated heterocycles. The van der Waals surface area contributed by atoms with Crippen LogP contribution in [0, 0.1) is 0 Å². The maximum Gasteiger partial charge on any atom is 0.354 e. The highest BCUT2D eigenvalue weighted by Crippen LogP contribution is 2.24. The van der Waals surface area contributed by atoms with Crippen LogP contribution in [0.3, 0.4) is 0 Å². The molecule has 0 radical (unpaired) electrons. The molecule has 0 saturated carbocycles. The molecule has 2 amide bonds. The molecule has 0 spiro atoms. The molecule has 13 heteroatoms. The maximum absolute atomic E-state index is 13.3. The van der Waals surface area contributed by atoms with Crippen molar-refractivity contribution in [2.45, 2.75) is 0 Å². The molecule has 0 fully saturated rings. The minimum Gasteiger partial charge on any atom is -0.497 e. The third-order valence-corrected chi connectivity index (χ3v) is 5.90. The number of pyridine rings is 1. The zero-order valence-electron chi connectivity index (χ0n) is 20.4. The van der Waals surface area contributed by atoms with E-state index >= 15 is 0 Å². The molecule has 0 aliphatic heterocycles. The number of aromatic nitrogens is 4. The van der Waals surface area contributed by atoms with Gasteiger partial charge in [0, 0.05) is 20.3 Å². The number of amides is 2. The number of methoxy groups -OCH3 is 1. The number of hydrogen-bond acceptors (Lipinski definition) is 7. The molecule has 0 unspecified atom stereocenters. The first-order valence-corrected chi connectivity index (χ1v) is 11.4. The van der Waals surface area contributed by atoms with Crippen LogP contribution in [0.25, 0.3) is 0 Å². The first kappa shape index (κ1) is 26.1. The third kappa shape index (κ3) is 4.97. The molecular weight excluding hydrogens is 516 g/mol. The maximum atomic E-state index is 13.3. The standard InChI is InChI=1S/C25H21ClN6O6/c1-30-24(36)32(25(37)31(30)2)23(35)17-7-5-4-6-16(17)21(33)28-19-10-9-15(38-3)12-18(19)22(34)29-20-11-8-14(26)13-27-20/h4-13H,1-3H3,(H,28,33)(H,27,29,34). The molecule has 2 heterocycles. The number of ether oxygens (including phenoxy) is 1.